The largest absolute Gasteiger partial charge is 0.490 e. The predicted molar refractivity (Wildman–Crippen MR) is 228 cm³/mol. The van der Waals surface area contributed by atoms with Crippen molar-refractivity contribution in [3.63, 3.8) is 0 Å². The van der Waals surface area contributed by atoms with Gasteiger partial charge in [-0.25, -0.2) is 32.7 Å². The number of amides is 1. The van der Waals surface area contributed by atoms with Gasteiger partial charge in [0.25, 0.3) is 0 Å². The van der Waals surface area contributed by atoms with Crippen LogP contribution in [0.15, 0.2) is 79.1 Å². The van der Waals surface area contributed by atoms with Crippen molar-refractivity contribution in [2.24, 2.45) is 0 Å². The number of ether oxygens (including phenoxy) is 1. The summed E-state index contributed by atoms with van der Waals surface area (Å²) >= 11 is 1.41. The molecular formula is C42H50FN9O4S2. The third-order valence-electron chi connectivity index (χ3n) is 10.0. The molecule has 1 amide bonds. The van der Waals surface area contributed by atoms with Crippen LogP contribution in [0.2, 0.25) is 0 Å². The number of anilines is 4. The van der Waals surface area contributed by atoms with E-state index in [1.54, 1.807) is 31.3 Å². The quantitative estimate of drug-likeness (QED) is 0.124. The summed E-state index contributed by atoms with van der Waals surface area (Å²) in [6.45, 7) is 12.9. The van der Waals surface area contributed by atoms with Crippen LogP contribution in [0.3, 0.4) is 0 Å². The van der Waals surface area contributed by atoms with Gasteiger partial charge >= 0.3 is 0 Å². The Morgan fingerprint density at radius 1 is 0.931 bits per heavy atom. The highest BCUT2D eigenvalue weighted by molar-refractivity contribution is 7.92. The van der Waals surface area contributed by atoms with Gasteiger partial charge < -0.3 is 19.9 Å². The van der Waals surface area contributed by atoms with E-state index >= 15 is 4.39 Å². The molecule has 2 aromatic carbocycles. The summed E-state index contributed by atoms with van der Waals surface area (Å²) < 4.78 is 49.9. The highest BCUT2D eigenvalue weighted by Crippen LogP contribution is 2.42. The number of hydrogen-bond acceptors (Lipinski definition) is 12. The van der Waals surface area contributed by atoms with Crippen LogP contribution in [-0.4, -0.2) is 102 Å². The molecule has 2 aliphatic rings. The highest BCUT2D eigenvalue weighted by atomic mass is 32.2. The number of thiazole rings is 1. The standard InChI is InChI=1S/C42H50FN9O4S2/c1-5-26-58(54,55)49-33-13-9-12-32(37(33)43)38-39(57-40(48-38)42(2,3)4)34-15-19-45-41(47-34)46-29-10-8-11-31(27-29)56-30-16-20-52(21-17-30)36(53)28-50-22-24-51(25-23-50)35-14-6-7-18-44-35/h6-15,18-19,27,30,49H,5,16-17,20-26,28H2,1-4H3,(H,45,46,47). The van der Waals surface area contributed by atoms with Gasteiger partial charge in [-0.05, 0) is 48.9 Å². The molecule has 0 aliphatic carbocycles. The number of sulfonamides is 1. The van der Waals surface area contributed by atoms with E-state index in [9.17, 15) is 13.2 Å². The average Bonchev–Trinajstić information content (AvgIpc) is 3.66. The summed E-state index contributed by atoms with van der Waals surface area (Å²) in [5, 5.41) is 4.06. The predicted octanol–water partition coefficient (Wildman–Crippen LogP) is 7.19. The normalized spacial score (nSPS) is 15.7. The number of piperidine rings is 1. The molecule has 0 unspecified atom stereocenters. The topological polar surface area (TPSA) is 146 Å². The summed E-state index contributed by atoms with van der Waals surface area (Å²) in [7, 11) is -3.72. The first kappa shape index (κ1) is 41.0. The molecule has 58 heavy (non-hydrogen) atoms. The SMILES string of the molecule is CCCS(=O)(=O)Nc1cccc(-c2nc(C(C)(C)C)sc2-c2ccnc(Nc3cccc(OC4CCN(C(=O)CN5CCN(c6ccccn6)CC5)CC4)c3)n2)c1F. The van der Waals surface area contributed by atoms with Gasteiger partial charge in [-0.3, -0.25) is 14.4 Å². The highest BCUT2D eigenvalue weighted by Gasteiger charge is 2.28. The number of hydrogen-bond donors (Lipinski definition) is 2. The van der Waals surface area contributed by atoms with E-state index in [4.69, 9.17) is 14.7 Å². The lowest BCUT2D eigenvalue weighted by Gasteiger charge is -2.37. The number of aromatic nitrogens is 4. The molecule has 0 saturated carbocycles. The van der Waals surface area contributed by atoms with Crippen LogP contribution in [0, 0.1) is 5.82 Å². The molecule has 0 spiro atoms. The number of likely N-dealkylation sites (tertiary alicyclic amines) is 1. The number of benzene rings is 2. The summed E-state index contributed by atoms with van der Waals surface area (Å²) in [4.78, 5) is 38.9. The molecule has 2 N–H and O–H groups in total. The van der Waals surface area contributed by atoms with Crippen LogP contribution in [0.25, 0.3) is 21.8 Å². The van der Waals surface area contributed by atoms with Crippen LogP contribution < -0.4 is 19.7 Å². The summed E-state index contributed by atoms with van der Waals surface area (Å²) in [5.74, 6) is 1.34. The Kier molecular flexibility index (Phi) is 12.5. The number of pyridine rings is 1. The van der Waals surface area contributed by atoms with Crippen molar-refractivity contribution >= 4 is 50.4 Å². The second-order valence-electron chi connectivity index (χ2n) is 15.6. The zero-order valence-electron chi connectivity index (χ0n) is 33.3. The lowest BCUT2D eigenvalue weighted by atomic mass is 9.98. The van der Waals surface area contributed by atoms with Crippen molar-refractivity contribution in [1.82, 2.24) is 29.7 Å². The number of halogens is 1. The lowest BCUT2D eigenvalue weighted by molar-refractivity contribution is -0.134. The number of carbonyl (C=O) groups excluding carboxylic acids is 1. The van der Waals surface area contributed by atoms with E-state index in [1.165, 1.54) is 17.4 Å². The van der Waals surface area contributed by atoms with Crippen molar-refractivity contribution in [3.8, 4) is 27.6 Å². The first-order valence-electron chi connectivity index (χ1n) is 19.7. The molecule has 16 heteroatoms. The van der Waals surface area contributed by atoms with Gasteiger partial charge in [-0.2, -0.15) is 0 Å². The fourth-order valence-corrected chi connectivity index (χ4v) is 9.22. The molecule has 0 radical (unpaired) electrons. The summed E-state index contributed by atoms with van der Waals surface area (Å²) in [6, 6.07) is 19.9. The Bertz CT molecular complexity index is 2310. The zero-order chi connectivity index (χ0) is 40.9. The van der Waals surface area contributed by atoms with Gasteiger partial charge in [-0.1, -0.05) is 45.9 Å². The molecule has 5 heterocycles. The molecule has 7 rings (SSSR count). The number of piperazine rings is 1. The molecule has 13 nitrogen and oxygen atoms in total. The maximum absolute atomic E-state index is 16.1. The molecule has 2 aliphatic heterocycles. The van der Waals surface area contributed by atoms with Crippen molar-refractivity contribution in [2.45, 2.75) is 58.5 Å². The van der Waals surface area contributed by atoms with Gasteiger partial charge in [0.1, 0.15) is 17.7 Å². The van der Waals surface area contributed by atoms with E-state index in [2.05, 4.69) is 29.8 Å². The third kappa shape index (κ3) is 10.1. The second kappa shape index (κ2) is 17.7. The third-order valence-corrected chi connectivity index (χ3v) is 13.0. The molecular weight excluding hydrogens is 778 g/mol. The first-order valence-corrected chi connectivity index (χ1v) is 22.2. The molecule has 5 aromatic rings. The van der Waals surface area contributed by atoms with Crippen molar-refractivity contribution in [3.05, 3.63) is 89.9 Å². The van der Waals surface area contributed by atoms with Crippen molar-refractivity contribution in [2.75, 3.05) is 66.5 Å². The van der Waals surface area contributed by atoms with Crippen molar-refractivity contribution < 1.29 is 22.3 Å². The maximum Gasteiger partial charge on any atom is 0.236 e. The van der Waals surface area contributed by atoms with E-state index in [0.29, 0.717) is 54.0 Å². The van der Waals surface area contributed by atoms with Gasteiger partial charge in [0.05, 0.1) is 39.3 Å². The lowest BCUT2D eigenvalue weighted by Crippen LogP contribution is -2.51. The second-order valence-corrected chi connectivity index (χ2v) is 18.4. The molecule has 306 valence electrons. The number of nitrogens with zero attached hydrogens (tertiary/aromatic N) is 7. The van der Waals surface area contributed by atoms with Gasteiger partial charge in [0.15, 0.2) is 5.82 Å². The molecule has 0 bridgehead atoms. The minimum Gasteiger partial charge on any atom is -0.490 e. The average molecular weight is 828 g/mol. The van der Waals surface area contributed by atoms with E-state index in [1.807, 2.05) is 74.3 Å². The molecule has 2 fully saturated rings. The van der Waals surface area contributed by atoms with E-state index in [0.717, 1.165) is 55.5 Å². The Balaban J connectivity index is 0.983. The smallest absolute Gasteiger partial charge is 0.236 e. The maximum atomic E-state index is 16.1. The first-order chi connectivity index (χ1) is 27.8. The Labute approximate surface area is 343 Å². The number of nitrogens with one attached hydrogen (secondary N) is 2. The minimum absolute atomic E-state index is 0.0246. The molecule has 3 aromatic heterocycles. The molecule has 0 atom stereocenters. The fraction of sp³-hybridized carbons (Fsp3) is 0.405. The Hall–Kier alpha value is -5.19. The van der Waals surface area contributed by atoms with Gasteiger partial charge in [0.2, 0.25) is 21.9 Å². The van der Waals surface area contributed by atoms with Gasteiger partial charge in [0, 0.05) is 87.2 Å². The van der Waals surface area contributed by atoms with Crippen molar-refractivity contribution in [1.29, 1.82) is 0 Å². The van der Waals surface area contributed by atoms with Gasteiger partial charge in [-0.15, -0.1) is 11.3 Å². The number of carbonyl (C=O) groups is 1. The van der Waals surface area contributed by atoms with E-state index in [-0.39, 0.29) is 34.4 Å². The molecule has 2 saturated heterocycles. The summed E-state index contributed by atoms with van der Waals surface area (Å²) in [6.07, 6.45) is 5.30. The monoisotopic (exact) mass is 827 g/mol. The fourth-order valence-electron chi connectivity index (χ4n) is 6.98. The zero-order valence-corrected chi connectivity index (χ0v) is 35.0. The minimum atomic E-state index is -3.72. The van der Waals surface area contributed by atoms with Crippen LogP contribution >= 0.6 is 11.3 Å². The van der Waals surface area contributed by atoms with Crippen LogP contribution in [0.4, 0.5) is 27.5 Å². The van der Waals surface area contributed by atoms with Crippen LogP contribution in [0.1, 0.15) is 52.0 Å². The summed E-state index contributed by atoms with van der Waals surface area (Å²) in [5.41, 5.74) is 1.34. The van der Waals surface area contributed by atoms with Crippen LogP contribution in [0.5, 0.6) is 5.75 Å². The van der Waals surface area contributed by atoms with E-state index < -0.39 is 15.8 Å². The number of rotatable bonds is 13. The Morgan fingerprint density at radius 2 is 1.71 bits per heavy atom. The Morgan fingerprint density at radius 3 is 2.43 bits per heavy atom. The van der Waals surface area contributed by atoms with Crippen LogP contribution in [-0.2, 0) is 20.2 Å².